The summed E-state index contributed by atoms with van der Waals surface area (Å²) in [4.78, 5) is 12.3. The van der Waals surface area contributed by atoms with Crippen molar-refractivity contribution in [3.8, 4) is 0 Å². The van der Waals surface area contributed by atoms with Crippen molar-refractivity contribution in [2.45, 2.75) is 11.8 Å². The van der Waals surface area contributed by atoms with Gasteiger partial charge in [0.15, 0.2) is 0 Å². The Labute approximate surface area is 146 Å². The number of carbonyl (C=O) groups excluding carboxylic acids is 1. The van der Waals surface area contributed by atoms with Gasteiger partial charge in [0.05, 0.1) is 5.75 Å². The van der Waals surface area contributed by atoms with E-state index < -0.39 is 16.1 Å². The molecule has 2 aromatic rings. The van der Waals surface area contributed by atoms with Crippen LogP contribution in [0, 0.1) is 0 Å². The Hall–Kier alpha value is -1.89. The number of sulfonamides is 1. The molecule has 1 fully saturated rings. The summed E-state index contributed by atoms with van der Waals surface area (Å²) in [5.74, 6) is -0.453. The summed E-state index contributed by atoms with van der Waals surface area (Å²) >= 11 is 5.89. The molecule has 1 saturated heterocycles. The third-order valence-corrected chi connectivity index (χ3v) is 5.96. The highest BCUT2D eigenvalue weighted by molar-refractivity contribution is 7.88. The lowest BCUT2D eigenvalue weighted by Crippen LogP contribution is -2.52. The Morgan fingerprint density at radius 1 is 1.08 bits per heavy atom. The molecule has 1 N–H and O–H groups in total. The SMILES string of the molecule is O=C1NCCN(S(=O)(=O)Cc2ccccc2)C1c1ccc(Cl)cc1. The van der Waals surface area contributed by atoms with Crippen LogP contribution in [-0.4, -0.2) is 31.7 Å². The van der Waals surface area contributed by atoms with Crippen molar-refractivity contribution in [3.05, 3.63) is 70.7 Å². The quantitative estimate of drug-likeness (QED) is 0.905. The van der Waals surface area contributed by atoms with Gasteiger partial charge in [-0.05, 0) is 23.3 Å². The molecule has 24 heavy (non-hydrogen) atoms. The number of hydrogen-bond acceptors (Lipinski definition) is 3. The second-order valence-corrected chi connectivity index (χ2v) is 7.96. The first-order valence-electron chi connectivity index (χ1n) is 7.54. The molecule has 0 bridgehead atoms. The van der Waals surface area contributed by atoms with Crippen molar-refractivity contribution in [2.24, 2.45) is 0 Å². The van der Waals surface area contributed by atoms with Gasteiger partial charge in [-0.15, -0.1) is 0 Å². The molecule has 1 aliphatic heterocycles. The van der Waals surface area contributed by atoms with E-state index in [1.165, 1.54) is 4.31 Å². The number of amides is 1. The highest BCUT2D eigenvalue weighted by Gasteiger charge is 2.38. The minimum absolute atomic E-state index is 0.134. The van der Waals surface area contributed by atoms with E-state index >= 15 is 0 Å². The van der Waals surface area contributed by atoms with Crippen LogP contribution in [0.1, 0.15) is 17.2 Å². The minimum Gasteiger partial charge on any atom is -0.353 e. The van der Waals surface area contributed by atoms with Crippen molar-refractivity contribution < 1.29 is 13.2 Å². The number of carbonyl (C=O) groups is 1. The molecule has 7 heteroatoms. The van der Waals surface area contributed by atoms with Crippen LogP contribution in [-0.2, 0) is 20.6 Å². The zero-order chi connectivity index (χ0) is 17.2. The molecule has 126 valence electrons. The second-order valence-electron chi connectivity index (χ2n) is 5.60. The van der Waals surface area contributed by atoms with Gasteiger partial charge in [-0.25, -0.2) is 8.42 Å². The van der Waals surface area contributed by atoms with Crippen LogP contribution in [0.25, 0.3) is 0 Å². The van der Waals surface area contributed by atoms with Crippen LogP contribution < -0.4 is 5.32 Å². The van der Waals surface area contributed by atoms with Gasteiger partial charge in [-0.3, -0.25) is 4.79 Å². The van der Waals surface area contributed by atoms with E-state index in [1.54, 1.807) is 48.5 Å². The summed E-state index contributed by atoms with van der Waals surface area (Å²) in [5, 5.41) is 3.27. The van der Waals surface area contributed by atoms with Crippen molar-refractivity contribution >= 4 is 27.5 Å². The molecule has 0 aromatic heterocycles. The lowest BCUT2D eigenvalue weighted by molar-refractivity contribution is -0.126. The summed E-state index contributed by atoms with van der Waals surface area (Å²) < 4.78 is 27.0. The first-order valence-corrected chi connectivity index (χ1v) is 9.53. The summed E-state index contributed by atoms with van der Waals surface area (Å²) in [7, 11) is -3.64. The lowest BCUT2D eigenvalue weighted by Gasteiger charge is -2.34. The van der Waals surface area contributed by atoms with Crippen LogP contribution >= 0.6 is 11.6 Å². The smallest absolute Gasteiger partial charge is 0.243 e. The molecular formula is C17H17ClN2O3S. The molecule has 0 spiro atoms. The summed E-state index contributed by atoms with van der Waals surface area (Å²) in [6.07, 6.45) is 0. The number of halogens is 1. The van der Waals surface area contributed by atoms with Crippen molar-refractivity contribution in [1.29, 1.82) is 0 Å². The number of nitrogens with zero attached hydrogens (tertiary/aromatic N) is 1. The lowest BCUT2D eigenvalue weighted by atomic mass is 10.1. The van der Waals surface area contributed by atoms with Crippen LogP contribution in [0.5, 0.6) is 0 Å². The average Bonchev–Trinajstić information content (AvgIpc) is 2.56. The first kappa shape index (κ1) is 17.0. The minimum atomic E-state index is -3.64. The van der Waals surface area contributed by atoms with E-state index in [9.17, 15) is 13.2 Å². The van der Waals surface area contributed by atoms with Gasteiger partial charge in [-0.1, -0.05) is 54.1 Å². The fraction of sp³-hybridized carbons (Fsp3) is 0.235. The molecular weight excluding hydrogens is 348 g/mol. The van der Waals surface area contributed by atoms with Crippen LogP contribution in [0.4, 0.5) is 0 Å². The first-order chi connectivity index (χ1) is 11.5. The molecule has 1 amide bonds. The summed E-state index contributed by atoms with van der Waals surface area (Å²) in [6.45, 7) is 0.547. The number of rotatable bonds is 4. The van der Waals surface area contributed by atoms with Gasteiger partial charge in [0.2, 0.25) is 15.9 Å². The molecule has 1 aliphatic rings. The Bertz CT molecular complexity index is 823. The van der Waals surface area contributed by atoms with Crippen molar-refractivity contribution in [3.63, 3.8) is 0 Å². The van der Waals surface area contributed by atoms with Gasteiger partial charge >= 0.3 is 0 Å². The van der Waals surface area contributed by atoms with E-state index in [0.29, 0.717) is 22.7 Å². The maximum atomic E-state index is 12.9. The Kier molecular flexibility index (Phi) is 4.89. The maximum absolute atomic E-state index is 12.9. The zero-order valence-corrected chi connectivity index (χ0v) is 14.4. The molecule has 0 saturated carbocycles. The maximum Gasteiger partial charge on any atom is 0.243 e. The number of nitrogens with one attached hydrogen (secondary N) is 1. The van der Waals surface area contributed by atoms with Gasteiger partial charge in [0, 0.05) is 18.1 Å². The van der Waals surface area contributed by atoms with Gasteiger partial charge in [-0.2, -0.15) is 4.31 Å². The molecule has 1 atom stereocenters. The second kappa shape index (κ2) is 6.93. The highest BCUT2D eigenvalue weighted by atomic mass is 35.5. The fourth-order valence-corrected chi connectivity index (χ4v) is 4.59. The standard InChI is InChI=1S/C17H17ClN2O3S/c18-15-8-6-14(7-9-15)16-17(21)19-10-11-20(16)24(22,23)12-13-4-2-1-3-5-13/h1-9,16H,10-12H2,(H,19,21). The highest BCUT2D eigenvalue weighted by Crippen LogP contribution is 2.28. The fourth-order valence-electron chi connectivity index (χ4n) is 2.78. The summed E-state index contributed by atoms with van der Waals surface area (Å²) in [5.41, 5.74) is 1.30. The molecule has 5 nitrogen and oxygen atoms in total. The molecule has 1 unspecified atom stereocenters. The monoisotopic (exact) mass is 364 g/mol. The van der Waals surface area contributed by atoms with E-state index in [4.69, 9.17) is 11.6 Å². The van der Waals surface area contributed by atoms with Crippen LogP contribution in [0.3, 0.4) is 0 Å². The Balaban J connectivity index is 1.93. The van der Waals surface area contributed by atoms with E-state index in [1.807, 2.05) is 6.07 Å². The van der Waals surface area contributed by atoms with E-state index in [2.05, 4.69) is 5.32 Å². The summed E-state index contributed by atoms with van der Waals surface area (Å²) in [6, 6.07) is 14.8. The van der Waals surface area contributed by atoms with Gasteiger partial charge in [0.1, 0.15) is 6.04 Å². The largest absolute Gasteiger partial charge is 0.353 e. The molecule has 3 rings (SSSR count). The molecule has 0 radical (unpaired) electrons. The predicted octanol–water partition coefficient (Wildman–Crippen LogP) is 2.34. The van der Waals surface area contributed by atoms with Crippen LogP contribution in [0.2, 0.25) is 5.02 Å². The van der Waals surface area contributed by atoms with Crippen molar-refractivity contribution in [2.75, 3.05) is 13.1 Å². The number of piperazine rings is 1. The number of benzene rings is 2. The number of hydrogen-bond donors (Lipinski definition) is 1. The van der Waals surface area contributed by atoms with Gasteiger partial charge < -0.3 is 5.32 Å². The zero-order valence-electron chi connectivity index (χ0n) is 12.9. The topological polar surface area (TPSA) is 66.5 Å². The van der Waals surface area contributed by atoms with E-state index in [0.717, 1.165) is 0 Å². The van der Waals surface area contributed by atoms with Crippen LogP contribution in [0.15, 0.2) is 54.6 Å². The normalized spacial score (nSPS) is 19.0. The molecule has 1 heterocycles. The van der Waals surface area contributed by atoms with E-state index in [-0.39, 0.29) is 18.2 Å². The predicted molar refractivity (Wildman–Crippen MR) is 93.0 cm³/mol. The van der Waals surface area contributed by atoms with Crippen molar-refractivity contribution in [1.82, 2.24) is 9.62 Å². The molecule has 2 aromatic carbocycles. The third kappa shape index (κ3) is 3.61. The average molecular weight is 365 g/mol. The Morgan fingerprint density at radius 3 is 2.42 bits per heavy atom. The third-order valence-electron chi connectivity index (χ3n) is 3.90. The Morgan fingerprint density at radius 2 is 1.75 bits per heavy atom. The van der Waals surface area contributed by atoms with Gasteiger partial charge in [0.25, 0.3) is 0 Å². The molecule has 0 aliphatic carbocycles.